The van der Waals surface area contributed by atoms with E-state index in [1.807, 2.05) is 0 Å². The van der Waals surface area contributed by atoms with Gasteiger partial charge in [0, 0.05) is 45.1 Å². The Hall–Kier alpha value is -1.18. The number of amides is 1. The molecule has 1 rings (SSSR count). The summed E-state index contributed by atoms with van der Waals surface area (Å²) in [5.74, 6) is 1.32. The Balaban J connectivity index is 2.53. The molecule has 1 amide bonds. The van der Waals surface area contributed by atoms with E-state index >= 15 is 0 Å². The van der Waals surface area contributed by atoms with E-state index in [0.29, 0.717) is 37.3 Å². The molecule has 0 aromatic rings. The number of nitrogens with zero attached hydrogens (tertiary/aromatic N) is 2. The van der Waals surface area contributed by atoms with Crippen molar-refractivity contribution in [3.63, 3.8) is 0 Å². The number of nitrogens with one attached hydrogen (secondary N) is 1. The van der Waals surface area contributed by atoms with E-state index in [9.17, 15) is 14.7 Å². The molecule has 0 atom stereocenters. The lowest BCUT2D eigenvalue weighted by atomic mass is 9.91. The largest absolute Gasteiger partial charge is 0.466 e. The minimum absolute atomic E-state index is 0.0248. The molecule has 380 valence electrons. The zero-order chi connectivity index (χ0) is 46.4. The Bertz CT molecular complexity index is 896. The summed E-state index contributed by atoms with van der Waals surface area (Å²) in [7, 11) is 0. The maximum atomic E-state index is 13.1. The Kier molecular flexibility index (Phi) is 44.6. The topological polar surface area (TPSA) is 82.1 Å². The summed E-state index contributed by atoms with van der Waals surface area (Å²) in [6, 6.07) is 0.625. The second kappa shape index (κ2) is 46.9. The van der Waals surface area contributed by atoms with Crippen LogP contribution in [-0.2, 0) is 14.3 Å². The minimum atomic E-state index is 0.0248. The van der Waals surface area contributed by atoms with E-state index in [-0.39, 0.29) is 18.5 Å². The molecule has 7 heteroatoms. The van der Waals surface area contributed by atoms with Crippen LogP contribution in [0, 0.1) is 11.8 Å². The van der Waals surface area contributed by atoms with E-state index in [1.165, 1.54) is 205 Å². The summed E-state index contributed by atoms with van der Waals surface area (Å²) in [6.07, 6.45) is 49.4. The quantitative estimate of drug-likeness (QED) is 0.0467. The normalized spacial score (nSPS) is 13.4. The SMILES string of the molecule is CCCCCCCCC(CCCCCCCC)CC(=O)NCCCCCN(CCCCCOC(=O)CC(CCCCCCCC)CCCCCCCC)CCN(CCO)C1CCCC1. The van der Waals surface area contributed by atoms with E-state index in [4.69, 9.17) is 4.74 Å². The fourth-order valence-corrected chi connectivity index (χ4v) is 10.3. The fraction of sp³-hybridized carbons (Fsp3) is 0.965. The number of aliphatic hydroxyl groups excluding tert-OH is 1. The number of rotatable bonds is 50. The van der Waals surface area contributed by atoms with E-state index < -0.39 is 0 Å². The maximum absolute atomic E-state index is 13.1. The summed E-state index contributed by atoms with van der Waals surface area (Å²) >= 11 is 0. The zero-order valence-electron chi connectivity index (χ0n) is 43.7. The van der Waals surface area contributed by atoms with Crippen molar-refractivity contribution in [2.45, 2.75) is 291 Å². The van der Waals surface area contributed by atoms with Gasteiger partial charge in [0.1, 0.15) is 0 Å². The van der Waals surface area contributed by atoms with Crippen molar-refractivity contribution in [1.29, 1.82) is 0 Å². The maximum Gasteiger partial charge on any atom is 0.306 e. The number of hydrogen-bond donors (Lipinski definition) is 2. The minimum Gasteiger partial charge on any atom is -0.466 e. The lowest BCUT2D eigenvalue weighted by Gasteiger charge is -2.31. The Labute approximate surface area is 399 Å². The van der Waals surface area contributed by atoms with Crippen molar-refractivity contribution < 1.29 is 19.4 Å². The van der Waals surface area contributed by atoms with Crippen molar-refractivity contribution in [3.8, 4) is 0 Å². The highest BCUT2D eigenvalue weighted by Gasteiger charge is 2.23. The van der Waals surface area contributed by atoms with Gasteiger partial charge in [0.05, 0.1) is 13.2 Å². The standard InChI is InChI=1S/C57H113N3O4/c1-5-9-13-17-21-27-37-53(38-28-22-18-14-10-6-2)51-56(62)58-43-33-25-34-44-59(46-47-60(48-49-61)55-41-31-32-42-55)45-35-26-36-50-64-57(63)52-54(39-29-23-19-15-11-7-3)40-30-24-20-16-12-8-4/h53-55,61H,5-52H2,1-4H3,(H,58,62). The fourth-order valence-electron chi connectivity index (χ4n) is 10.3. The van der Waals surface area contributed by atoms with Crippen LogP contribution < -0.4 is 5.32 Å². The first kappa shape index (κ1) is 60.8. The lowest BCUT2D eigenvalue weighted by molar-refractivity contribution is -0.145. The van der Waals surface area contributed by atoms with Gasteiger partial charge in [0.15, 0.2) is 0 Å². The third kappa shape index (κ3) is 37.9. The molecule has 2 N–H and O–H groups in total. The summed E-state index contributed by atoms with van der Waals surface area (Å²) in [4.78, 5) is 31.3. The Morgan fingerprint density at radius 2 is 0.922 bits per heavy atom. The molecule has 7 nitrogen and oxygen atoms in total. The van der Waals surface area contributed by atoms with E-state index in [1.54, 1.807) is 0 Å². The molecule has 0 radical (unpaired) electrons. The van der Waals surface area contributed by atoms with Crippen LogP contribution in [-0.4, -0.2) is 85.3 Å². The van der Waals surface area contributed by atoms with Crippen molar-refractivity contribution in [1.82, 2.24) is 15.1 Å². The second-order valence-electron chi connectivity index (χ2n) is 20.6. The molecule has 1 fully saturated rings. The molecule has 64 heavy (non-hydrogen) atoms. The van der Waals surface area contributed by atoms with Crippen LogP contribution in [0.2, 0.25) is 0 Å². The molecule has 0 aromatic heterocycles. The highest BCUT2D eigenvalue weighted by Crippen LogP contribution is 2.25. The molecular formula is C57H113N3O4. The first-order valence-corrected chi connectivity index (χ1v) is 29.0. The molecule has 1 aliphatic carbocycles. The van der Waals surface area contributed by atoms with E-state index in [2.05, 4.69) is 42.8 Å². The van der Waals surface area contributed by atoms with Crippen LogP contribution in [0.5, 0.6) is 0 Å². The van der Waals surface area contributed by atoms with Gasteiger partial charge in [-0.1, -0.05) is 201 Å². The average molecular weight is 905 g/mol. The number of esters is 1. The van der Waals surface area contributed by atoms with Gasteiger partial charge in [-0.25, -0.2) is 0 Å². The van der Waals surface area contributed by atoms with Crippen LogP contribution in [0.3, 0.4) is 0 Å². The summed E-state index contributed by atoms with van der Waals surface area (Å²) in [5.41, 5.74) is 0. The molecule has 0 unspecified atom stereocenters. The zero-order valence-corrected chi connectivity index (χ0v) is 43.7. The third-order valence-corrected chi connectivity index (χ3v) is 14.6. The molecule has 0 bridgehead atoms. The first-order chi connectivity index (χ1) is 31.5. The first-order valence-electron chi connectivity index (χ1n) is 29.0. The van der Waals surface area contributed by atoms with Crippen LogP contribution in [0.1, 0.15) is 285 Å². The van der Waals surface area contributed by atoms with Gasteiger partial charge in [0.25, 0.3) is 0 Å². The van der Waals surface area contributed by atoms with Crippen molar-refractivity contribution in [2.24, 2.45) is 11.8 Å². The average Bonchev–Trinajstić information content (AvgIpc) is 3.84. The number of carbonyl (C=O) groups excluding carboxylic acids is 2. The summed E-state index contributed by atoms with van der Waals surface area (Å²) in [6.45, 7) is 15.7. The second-order valence-corrected chi connectivity index (χ2v) is 20.6. The predicted molar refractivity (Wildman–Crippen MR) is 277 cm³/mol. The highest BCUT2D eigenvalue weighted by molar-refractivity contribution is 5.76. The number of carbonyl (C=O) groups is 2. The van der Waals surface area contributed by atoms with Crippen molar-refractivity contribution in [3.05, 3.63) is 0 Å². The van der Waals surface area contributed by atoms with Crippen molar-refractivity contribution >= 4 is 11.9 Å². The van der Waals surface area contributed by atoms with Crippen LogP contribution >= 0.6 is 0 Å². The monoisotopic (exact) mass is 904 g/mol. The molecule has 1 saturated carbocycles. The van der Waals surface area contributed by atoms with Crippen LogP contribution in [0.25, 0.3) is 0 Å². The molecule has 0 aliphatic heterocycles. The molecule has 0 aromatic carbocycles. The van der Waals surface area contributed by atoms with Crippen LogP contribution in [0.4, 0.5) is 0 Å². The third-order valence-electron chi connectivity index (χ3n) is 14.6. The molecular weight excluding hydrogens is 791 g/mol. The number of aliphatic hydroxyl groups is 1. The number of unbranched alkanes of at least 4 members (excludes halogenated alkanes) is 24. The summed E-state index contributed by atoms with van der Waals surface area (Å²) < 4.78 is 5.86. The Morgan fingerprint density at radius 3 is 1.39 bits per heavy atom. The Morgan fingerprint density at radius 1 is 0.500 bits per heavy atom. The smallest absolute Gasteiger partial charge is 0.306 e. The van der Waals surface area contributed by atoms with Gasteiger partial charge in [-0.15, -0.1) is 0 Å². The van der Waals surface area contributed by atoms with Gasteiger partial charge in [-0.2, -0.15) is 0 Å². The van der Waals surface area contributed by atoms with Crippen LogP contribution in [0.15, 0.2) is 0 Å². The van der Waals surface area contributed by atoms with Gasteiger partial charge in [-0.3, -0.25) is 14.5 Å². The predicted octanol–water partition coefficient (Wildman–Crippen LogP) is 15.5. The number of hydrogen-bond acceptors (Lipinski definition) is 6. The van der Waals surface area contributed by atoms with Gasteiger partial charge in [-0.05, 0) is 95.6 Å². The summed E-state index contributed by atoms with van der Waals surface area (Å²) in [5, 5.41) is 13.2. The highest BCUT2D eigenvalue weighted by atomic mass is 16.5. The van der Waals surface area contributed by atoms with Gasteiger partial charge >= 0.3 is 5.97 Å². The lowest BCUT2D eigenvalue weighted by Crippen LogP contribution is -2.42. The van der Waals surface area contributed by atoms with E-state index in [0.717, 1.165) is 77.8 Å². The van der Waals surface area contributed by atoms with Gasteiger partial charge < -0.3 is 20.1 Å². The molecule has 0 saturated heterocycles. The number of ether oxygens (including phenoxy) is 1. The molecule has 0 spiro atoms. The molecule has 1 aliphatic rings. The molecule has 0 heterocycles. The van der Waals surface area contributed by atoms with Gasteiger partial charge in [0.2, 0.25) is 5.91 Å². The van der Waals surface area contributed by atoms with Crippen molar-refractivity contribution in [2.75, 3.05) is 52.5 Å².